The summed E-state index contributed by atoms with van der Waals surface area (Å²) in [5, 5.41) is 6.13. The summed E-state index contributed by atoms with van der Waals surface area (Å²) in [4.78, 5) is 30.5. The van der Waals surface area contributed by atoms with Crippen LogP contribution in [0, 0.1) is 5.92 Å². The number of rotatable bonds is 6. The molecule has 0 aromatic heterocycles. The van der Waals surface area contributed by atoms with Crippen LogP contribution in [0.3, 0.4) is 0 Å². The number of ether oxygens (including phenoxy) is 1. The van der Waals surface area contributed by atoms with Gasteiger partial charge in [-0.15, -0.1) is 24.0 Å². The molecule has 28 heavy (non-hydrogen) atoms. The zero-order valence-corrected chi connectivity index (χ0v) is 20.2. The van der Waals surface area contributed by atoms with E-state index in [2.05, 4.69) is 36.5 Å². The van der Waals surface area contributed by atoms with Gasteiger partial charge in [0.05, 0.1) is 12.5 Å². The smallest absolute Gasteiger partial charge is 0.310 e. The van der Waals surface area contributed by atoms with Gasteiger partial charge in [-0.25, -0.2) is 0 Å². The molecule has 1 atom stereocenters. The fourth-order valence-electron chi connectivity index (χ4n) is 3.04. The van der Waals surface area contributed by atoms with Crippen molar-refractivity contribution in [2.75, 3.05) is 39.8 Å². The molecular formula is C19H28BrIN4O3. The molecule has 7 nitrogen and oxygen atoms in total. The molecule has 0 bridgehead atoms. The quantitative estimate of drug-likeness (QED) is 0.182. The summed E-state index contributed by atoms with van der Waals surface area (Å²) in [6, 6.07) is 7.26. The minimum absolute atomic E-state index is 0. The number of guanidine groups is 1. The first-order valence-corrected chi connectivity index (χ1v) is 10.0. The molecule has 1 heterocycles. The Kier molecular flexibility index (Phi) is 11.4. The third-order valence-corrected chi connectivity index (χ3v) is 4.83. The summed E-state index contributed by atoms with van der Waals surface area (Å²) in [6.45, 7) is 4.69. The molecule has 0 spiro atoms. The molecule has 1 aliphatic rings. The number of esters is 1. The van der Waals surface area contributed by atoms with Gasteiger partial charge in [-0.05, 0) is 38.0 Å². The van der Waals surface area contributed by atoms with Gasteiger partial charge < -0.3 is 20.3 Å². The van der Waals surface area contributed by atoms with Gasteiger partial charge in [0, 0.05) is 43.3 Å². The van der Waals surface area contributed by atoms with Crippen LogP contribution in [-0.2, 0) is 9.53 Å². The van der Waals surface area contributed by atoms with Crippen molar-refractivity contribution in [1.82, 2.24) is 15.5 Å². The molecule has 1 aliphatic heterocycles. The zero-order valence-electron chi connectivity index (χ0n) is 16.2. The number of hydrogen-bond donors (Lipinski definition) is 2. The number of benzene rings is 1. The van der Waals surface area contributed by atoms with Crippen LogP contribution in [0.2, 0.25) is 0 Å². The van der Waals surface area contributed by atoms with Gasteiger partial charge in [0.25, 0.3) is 5.91 Å². The highest BCUT2D eigenvalue weighted by atomic mass is 127. The van der Waals surface area contributed by atoms with E-state index in [9.17, 15) is 9.59 Å². The SMILES string of the molecule is CCOC(=O)C1CCCN(C(=NC)NCCNC(=O)c2cccc(Br)c2)C1.I. The van der Waals surface area contributed by atoms with Gasteiger partial charge in [-0.3, -0.25) is 14.6 Å². The lowest BCUT2D eigenvalue weighted by molar-refractivity contribution is -0.149. The van der Waals surface area contributed by atoms with Crippen molar-refractivity contribution in [3.63, 3.8) is 0 Å². The van der Waals surface area contributed by atoms with E-state index in [4.69, 9.17) is 4.74 Å². The van der Waals surface area contributed by atoms with E-state index >= 15 is 0 Å². The van der Waals surface area contributed by atoms with Gasteiger partial charge in [0.15, 0.2) is 5.96 Å². The van der Waals surface area contributed by atoms with Gasteiger partial charge in [-0.2, -0.15) is 0 Å². The Balaban J connectivity index is 0.00000392. The normalized spacial score (nSPS) is 16.8. The van der Waals surface area contributed by atoms with Gasteiger partial charge >= 0.3 is 5.97 Å². The van der Waals surface area contributed by atoms with Crippen molar-refractivity contribution < 1.29 is 14.3 Å². The predicted molar refractivity (Wildman–Crippen MR) is 124 cm³/mol. The summed E-state index contributed by atoms with van der Waals surface area (Å²) in [5.41, 5.74) is 0.613. The molecule has 1 amide bonds. The summed E-state index contributed by atoms with van der Waals surface area (Å²) < 4.78 is 6.01. The van der Waals surface area contributed by atoms with Crippen LogP contribution >= 0.6 is 39.9 Å². The second-order valence-corrected chi connectivity index (χ2v) is 7.19. The summed E-state index contributed by atoms with van der Waals surface area (Å²) in [7, 11) is 1.72. The Hall–Kier alpha value is -1.36. The number of carbonyl (C=O) groups excluding carboxylic acids is 2. The van der Waals surface area contributed by atoms with E-state index in [1.807, 2.05) is 19.1 Å². The van der Waals surface area contributed by atoms with Gasteiger partial charge in [-0.1, -0.05) is 22.0 Å². The lowest BCUT2D eigenvalue weighted by Crippen LogP contribution is -2.49. The summed E-state index contributed by atoms with van der Waals surface area (Å²) in [6.07, 6.45) is 1.76. The second kappa shape index (κ2) is 13.0. The fourth-order valence-corrected chi connectivity index (χ4v) is 3.44. The molecule has 1 aromatic carbocycles. The van der Waals surface area contributed by atoms with Gasteiger partial charge in [0.2, 0.25) is 0 Å². The highest BCUT2D eigenvalue weighted by molar-refractivity contribution is 14.0. The Morgan fingerprint density at radius 1 is 1.32 bits per heavy atom. The topological polar surface area (TPSA) is 83.0 Å². The molecule has 1 aromatic rings. The number of nitrogens with one attached hydrogen (secondary N) is 2. The monoisotopic (exact) mass is 566 g/mol. The number of piperidine rings is 1. The molecule has 1 unspecified atom stereocenters. The number of nitrogens with zero attached hydrogens (tertiary/aromatic N) is 2. The van der Waals surface area contributed by atoms with E-state index in [0.717, 1.165) is 29.8 Å². The molecule has 156 valence electrons. The number of likely N-dealkylation sites (tertiary alicyclic amines) is 1. The van der Waals surface area contributed by atoms with Crippen LogP contribution in [0.1, 0.15) is 30.1 Å². The molecule has 1 saturated heterocycles. The van der Waals surface area contributed by atoms with E-state index in [1.165, 1.54) is 0 Å². The number of hydrogen-bond acceptors (Lipinski definition) is 4. The minimum atomic E-state index is -0.140. The highest BCUT2D eigenvalue weighted by Crippen LogP contribution is 2.18. The molecule has 1 fully saturated rings. The third kappa shape index (κ3) is 7.57. The Labute approximate surface area is 191 Å². The van der Waals surface area contributed by atoms with Crippen molar-refractivity contribution in [2.24, 2.45) is 10.9 Å². The molecule has 2 rings (SSSR count). The zero-order chi connectivity index (χ0) is 19.6. The lowest BCUT2D eigenvalue weighted by Gasteiger charge is -2.33. The number of amides is 1. The van der Waals surface area contributed by atoms with Crippen LogP contribution in [-0.4, -0.2) is 62.6 Å². The first-order valence-electron chi connectivity index (χ1n) is 9.21. The average Bonchev–Trinajstić information content (AvgIpc) is 2.68. The van der Waals surface area contributed by atoms with Crippen molar-refractivity contribution in [3.05, 3.63) is 34.3 Å². The highest BCUT2D eigenvalue weighted by Gasteiger charge is 2.28. The van der Waals surface area contributed by atoms with Gasteiger partial charge in [0.1, 0.15) is 0 Å². The molecule has 0 radical (unpaired) electrons. The molecule has 0 saturated carbocycles. The maximum absolute atomic E-state index is 12.1. The largest absolute Gasteiger partial charge is 0.466 e. The average molecular weight is 567 g/mol. The summed E-state index contributed by atoms with van der Waals surface area (Å²) in [5.74, 6) is 0.363. The second-order valence-electron chi connectivity index (χ2n) is 6.28. The maximum atomic E-state index is 12.1. The Morgan fingerprint density at radius 2 is 2.07 bits per heavy atom. The van der Waals surface area contributed by atoms with Crippen molar-refractivity contribution >= 4 is 57.7 Å². The van der Waals surface area contributed by atoms with Crippen LogP contribution < -0.4 is 10.6 Å². The molecule has 0 aliphatic carbocycles. The molecular weight excluding hydrogens is 539 g/mol. The minimum Gasteiger partial charge on any atom is -0.466 e. The van der Waals surface area contributed by atoms with E-state index < -0.39 is 0 Å². The standard InChI is InChI=1S/C19H27BrN4O3.HI/c1-3-27-18(26)15-7-5-11-24(13-15)19(21-2)23-10-9-22-17(25)14-6-4-8-16(20)12-14;/h4,6,8,12,15H,3,5,7,9-11,13H2,1-2H3,(H,21,23)(H,22,25);1H. The van der Waals surface area contributed by atoms with Crippen molar-refractivity contribution in [3.8, 4) is 0 Å². The molecule has 9 heteroatoms. The summed E-state index contributed by atoms with van der Waals surface area (Å²) >= 11 is 3.36. The van der Waals surface area contributed by atoms with Crippen LogP contribution in [0.5, 0.6) is 0 Å². The predicted octanol–water partition coefficient (Wildman–Crippen LogP) is 2.65. The van der Waals surface area contributed by atoms with Crippen molar-refractivity contribution in [1.29, 1.82) is 0 Å². The number of carbonyl (C=O) groups is 2. The van der Waals surface area contributed by atoms with Crippen LogP contribution in [0.4, 0.5) is 0 Å². The number of halogens is 2. The van der Waals surface area contributed by atoms with Crippen molar-refractivity contribution in [2.45, 2.75) is 19.8 Å². The Morgan fingerprint density at radius 3 is 2.75 bits per heavy atom. The van der Waals surface area contributed by atoms with Crippen LogP contribution in [0.15, 0.2) is 33.7 Å². The van der Waals surface area contributed by atoms with Crippen LogP contribution in [0.25, 0.3) is 0 Å². The first kappa shape index (κ1) is 24.7. The first-order chi connectivity index (χ1) is 13.0. The number of aliphatic imine (C=N–C) groups is 1. The maximum Gasteiger partial charge on any atom is 0.310 e. The van der Waals surface area contributed by atoms with E-state index in [1.54, 1.807) is 19.2 Å². The fraction of sp³-hybridized carbons (Fsp3) is 0.526. The Bertz CT molecular complexity index is 687. The molecule has 2 N–H and O–H groups in total. The van der Waals surface area contributed by atoms with E-state index in [0.29, 0.717) is 31.8 Å². The lowest BCUT2D eigenvalue weighted by atomic mass is 9.98. The van der Waals surface area contributed by atoms with E-state index in [-0.39, 0.29) is 41.8 Å². The third-order valence-electron chi connectivity index (χ3n) is 4.33.